The van der Waals surface area contributed by atoms with E-state index in [9.17, 15) is 19.2 Å². The molecule has 0 bridgehead atoms. The van der Waals surface area contributed by atoms with Crippen molar-refractivity contribution in [1.82, 2.24) is 4.90 Å². The van der Waals surface area contributed by atoms with Crippen LogP contribution in [-0.4, -0.2) is 52.0 Å². The van der Waals surface area contributed by atoms with Crippen LogP contribution in [0, 0.1) is 0 Å². The molecular weight excluding hydrogens is 436 g/mol. The minimum absolute atomic E-state index is 0.0301. The number of fused-ring (bicyclic) bond motifs is 2. The van der Waals surface area contributed by atoms with Crippen molar-refractivity contribution in [2.45, 2.75) is 45.5 Å². The lowest BCUT2D eigenvalue weighted by Gasteiger charge is -2.27. The molecule has 4 rings (SSSR count). The molecule has 3 N–H and O–H groups in total. The number of anilines is 1. The molecule has 1 aromatic heterocycles. The fraction of sp³-hybridized carbons (Fsp3) is 0.364. The Kier molecular flexibility index (Phi) is 5.30. The van der Waals surface area contributed by atoms with Crippen molar-refractivity contribution in [2.24, 2.45) is 0 Å². The van der Waals surface area contributed by atoms with Gasteiger partial charge in [0.25, 0.3) is 11.8 Å². The Hall–Kier alpha value is -3.24. The van der Waals surface area contributed by atoms with Crippen molar-refractivity contribution in [2.75, 3.05) is 12.3 Å². The normalized spacial score (nSPS) is 17.8. The maximum absolute atomic E-state index is 12.8. The number of hydrogen-bond donors (Lipinski definition) is 2. The summed E-state index contributed by atoms with van der Waals surface area (Å²) in [5, 5.41) is 9.50. The third-order valence-corrected chi connectivity index (χ3v) is 6.24. The second kappa shape index (κ2) is 7.72. The number of carbonyl (C=O) groups is 4. The van der Waals surface area contributed by atoms with Gasteiger partial charge < -0.3 is 20.3 Å². The largest absolute Gasteiger partial charge is 0.478 e. The van der Waals surface area contributed by atoms with E-state index in [0.717, 1.165) is 9.78 Å². The lowest BCUT2D eigenvalue weighted by molar-refractivity contribution is 0.00351. The summed E-state index contributed by atoms with van der Waals surface area (Å²) in [6.45, 7) is 5.47. The summed E-state index contributed by atoms with van der Waals surface area (Å²) in [6.07, 6.45) is -0.260. The standard InChI is InChI=1S/C22H22N2O7S/c1-22(2,3)31-21(29)16-14-7-11(30-9-15(14)32-17(16)23)8-24-18(25)12-5-4-10(20(27)28)6-13(12)19(24)26/h4-6,11H,7-9,23H2,1-3H3,(H,27,28). The van der Waals surface area contributed by atoms with Gasteiger partial charge in [-0.3, -0.25) is 14.5 Å². The van der Waals surface area contributed by atoms with E-state index in [2.05, 4.69) is 0 Å². The van der Waals surface area contributed by atoms with Crippen LogP contribution in [0.3, 0.4) is 0 Å². The molecule has 168 valence electrons. The van der Waals surface area contributed by atoms with Gasteiger partial charge in [0.15, 0.2) is 0 Å². The van der Waals surface area contributed by atoms with Crippen molar-refractivity contribution in [3.63, 3.8) is 0 Å². The fourth-order valence-electron chi connectivity index (χ4n) is 3.81. The molecule has 2 aromatic rings. The Bertz CT molecular complexity index is 1160. The number of esters is 1. The van der Waals surface area contributed by atoms with Gasteiger partial charge in [0.1, 0.15) is 10.6 Å². The van der Waals surface area contributed by atoms with Gasteiger partial charge in [-0.15, -0.1) is 11.3 Å². The maximum atomic E-state index is 12.8. The van der Waals surface area contributed by atoms with Gasteiger partial charge in [0.2, 0.25) is 0 Å². The number of thiophene rings is 1. The van der Waals surface area contributed by atoms with Crippen molar-refractivity contribution in [1.29, 1.82) is 0 Å². The minimum atomic E-state index is -1.18. The number of carboxylic acids is 1. The highest BCUT2D eigenvalue weighted by Gasteiger charge is 2.39. The summed E-state index contributed by atoms with van der Waals surface area (Å²) in [5.41, 5.74) is 6.57. The average Bonchev–Trinajstić information content (AvgIpc) is 3.15. The molecule has 0 spiro atoms. The van der Waals surface area contributed by atoms with Crippen molar-refractivity contribution < 1.29 is 33.8 Å². The number of ether oxygens (including phenoxy) is 2. The van der Waals surface area contributed by atoms with Gasteiger partial charge >= 0.3 is 11.9 Å². The number of carboxylic acid groups (broad SMARTS) is 1. The first-order valence-electron chi connectivity index (χ1n) is 9.94. The minimum Gasteiger partial charge on any atom is -0.478 e. The molecule has 2 amide bonds. The monoisotopic (exact) mass is 458 g/mol. The van der Waals surface area contributed by atoms with Gasteiger partial charge in [0, 0.05) is 11.3 Å². The molecule has 9 nitrogen and oxygen atoms in total. The lowest BCUT2D eigenvalue weighted by atomic mass is 10.0. The summed E-state index contributed by atoms with van der Waals surface area (Å²) in [6, 6.07) is 3.84. The molecule has 0 aliphatic carbocycles. The number of nitrogens with two attached hydrogens (primary N) is 1. The SMILES string of the molecule is CC(C)(C)OC(=O)c1c(N)sc2c1CC(CN1C(=O)c3ccc(C(=O)O)cc3C1=O)OC2. The number of aromatic carboxylic acids is 1. The van der Waals surface area contributed by atoms with E-state index < -0.39 is 35.5 Å². The van der Waals surface area contributed by atoms with E-state index in [4.69, 9.17) is 20.3 Å². The zero-order chi connectivity index (χ0) is 23.4. The van der Waals surface area contributed by atoms with Gasteiger partial charge in [-0.1, -0.05) is 0 Å². The molecule has 2 aliphatic heterocycles. The molecule has 0 fully saturated rings. The van der Waals surface area contributed by atoms with E-state index in [-0.39, 0.29) is 36.3 Å². The Balaban J connectivity index is 1.55. The fourth-order valence-corrected chi connectivity index (χ4v) is 4.82. The van der Waals surface area contributed by atoms with Crippen molar-refractivity contribution >= 4 is 40.1 Å². The maximum Gasteiger partial charge on any atom is 0.341 e. The Morgan fingerprint density at radius 2 is 1.94 bits per heavy atom. The molecule has 10 heteroatoms. The Labute approximate surface area is 187 Å². The molecule has 3 heterocycles. The molecule has 1 atom stereocenters. The first-order chi connectivity index (χ1) is 15.0. The number of hydrogen-bond acceptors (Lipinski definition) is 8. The highest BCUT2D eigenvalue weighted by molar-refractivity contribution is 7.16. The van der Waals surface area contributed by atoms with E-state index in [0.29, 0.717) is 16.1 Å². The first kappa shape index (κ1) is 22.0. The smallest absolute Gasteiger partial charge is 0.341 e. The lowest BCUT2D eigenvalue weighted by Crippen LogP contribution is -2.40. The van der Waals surface area contributed by atoms with Crippen LogP contribution in [0.25, 0.3) is 0 Å². The summed E-state index contributed by atoms with van der Waals surface area (Å²) in [4.78, 5) is 51.3. The number of carbonyl (C=O) groups excluding carboxylic acids is 3. The molecule has 0 saturated carbocycles. The van der Waals surface area contributed by atoms with E-state index in [1.807, 2.05) is 0 Å². The molecule has 1 aromatic carbocycles. The van der Waals surface area contributed by atoms with Crippen LogP contribution in [0.15, 0.2) is 18.2 Å². The van der Waals surface area contributed by atoms with E-state index in [1.165, 1.54) is 29.5 Å². The van der Waals surface area contributed by atoms with Crippen molar-refractivity contribution in [3.8, 4) is 0 Å². The predicted octanol–water partition coefficient (Wildman–Crippen LogP) is 2.72. The topological polar surface area (TPSA) is 136 Å². The van der Waals surface area contributed by atoms with Crippen LogP contribution in [0.1, 0.15) is 72.6 Å². The quantitative estimate of drug-likeness (QED) is 0.527. The van der Waals surface area contributed by atoms with Gasteiger partial charge in [-0.2, -0.15) is 0 Å². The van der Waals surface area contributed by atoms with E-state index >= 15 is 0 Å². The molecule has 1 unspecified atom stereocenters. The van der Waals surface area contributed by atoms with E-state index in [1.54, 1.807) is 20.8 Å². The van der Waals surface area contributed by atoms with Crippen LogP contribution in [0.2, 0.25) is 0 Å². The molecule has 32 heavy (non-hydrogen) atoms. The Morgan fingerprint density at radius 1 is 1.25 bits per heavy atom. The summed E-state index contributed by atoms with van der Waals surface area (Å²) in [5.74, 6) is -2.78. The third kappa shape index (κ3) is 3.87. The number of nitrogen functional groups attached to an aromatic ring is 1. The zero-order valence-corrected chi connectivity index (χ0v) is 18.6. The first-order valence-corrected chi connectivity index (χ1v) is 10.8. The summed E-state index contributed by atoms with van der Waals surface area (Å²) >= 11 is 1.26. The second-order valence-electron chi connectivity index (χ2n) is 8.67. The van der Waals surface area contributed by atoms with Crippen LogP contribution in [-0.2, 0) is 22.5 Å². The van der Waals surface area contributed by atoms with Crippen LogP contribution in [0.5, 0.6) is 0 Å². The Morgan fingerprint density at radius 3 is 2.59 bits per heavy atom. The molecule has 0 radical (unpaired) electrons. The van der Waals surface area contributed by atoms with Gasteiger partial charge in [0.05, 0.1) is 41.5 Å². The predicted molar refractivity (Wildman–Crippen MR) is 115 cm³/mol. The number of imide groups is 1. The highest BCUT2D eigenvalue weighted by Crippen LogP contribution is 2.37. The van der Waals surface area contributed by atoms with Crippen LogP contribution in [0.4, 0.5) is 5.00 Å². The number of rotatable bonds is 4. The number of amides is 2. The second-order valence-corrected chi connectivity index (χ2v) is 9.81. The molecular formula is C22H22N2O7S. The summed E-state index contributed by atoms with van der Waals surface area (Å²) in [7, 11) is 0. The van der Waals surface area contributed by atoms with Crippen molar-refractivity contribution in [3.05, 3.63) is 50.9 Å². The molecule has 2 aliphatic rings. The third-order valence-electron chi connectivity index (χ3n) is 5.21. The van der Waals surface area contributed by atoms with Gasteiger partial charge in [-0.05, 0) is 44.5 Å². The number of benzene rings is 1. The van der Waals surface area contributed by atoms with Gasteiger partial charge in [-0.25, -0.2) is 9.59 Å². The molecule has 0 saturated heterocycles. The van der Waals surface area contributed by atoms with Crippen LogP contribution < -0.4 is 5.73 Å². The average molecular weight is 458 g/mol. The number of nitrogens with zero attached hydrogens (tertiary/aromatic N) is 1. The zero-order valence-electron chi connectivity index (χ0n) is 17.8. The highest BCUT2D eigenvalue weighted by atomic mass is 32.1. The summed E-state index contributed by atoms with van der Waals surface area (Å²) < 4.78 is 11.3. The van der Waals surface area contributed by atoms with Crippen LogP contribution >= 0.6 is 11.3 Å².